The molecule has 2 saturated carbocycles. The number of fused-ring (bicyclic) bond motifs is 1. The molecule has 2 aliphatic carbocycles. The van der Waals surface area contributed by atoms with Crippen molar-refractivity contribution >= 4 is 5.91 Å². The van der Waals surface area contributed by atoms with E-state index in [-0.39, 0.29) is 11.5 Å². The molecule has 0 radical (unpaired) electrons. The Hall–Kier alpha value is -0.570. The molecule has 2 unspecified atom stereocenters. The monoisotopic (exact) mass is 264 g/mol. The van der Waals surface area contributed by atoms with Gasteiger partial charge in [0, 0.05) is 18.6 Å². The zero-order chi connectivity index (χ0) is 13.5. The zero-order valence-electron chi connectivity index (χ0n) is 12.2. The highest BCUT2D eigenvalue weighted by molar-refractivity contribution is 5.84. The molecule has 1 amide bonds. The third-order valence-corrected chi connectivity index (χ3v) is 6.02. The van der Waals surface area contributed by atoms with Crippen molar-refractivity contribution < 1.29 is 4.79 Å². The molecule has 0 aromatic rings. The molecular weight excluding hydrogens is 236 g/mol. The summed E-state index contributed by atoms with van der Waals surface area (Å²) < 4.78 is 0. The number of amides is 1. The van der Waals surface area contributed by atoms with Crippen molar-refractivity contribution in [2.75, 3.05) is 6.54 Å². The van der Waals surface area contributed by atoms with Crippen molar-refractivity contribution in [2.45, 2.75) is 76.8 Å². The van der Waals surface area contributed by atoms with Crippen molar-refractivity contribution in [1.82, 2.24) is 4.90 Å². The van der Waals surface area contributed by atoms with Crippen LogP contribution in [0.3, 0.4) is 0 Å². The fraction of sp³-hybridized carbons (Fsp3) is 0.938. The van der Waals surface area contributed by atoms with Crippen LogP contribution in [-0.4, -0.2) is 29.4 Å². The Labute approximate surface area is 116 Å². The van der Waals surface area contributed by atoms with Crippen molar-refractivity contribution in [3.05, 3.63) is 0 Å². The summed E-state index contributed by atoms with van der Waals surface area (Å²) in [6.07, 6.45) is 10.9. The second-order valence-electron chi connectivity index (χ2n) is 7.17. The van der Waals surface area contributed by atoms with E-state index < -0.39 is 0 Å². The lowest BCUT2D eigenvalue weighted by atomic mass is 9.76. The summed E-state index contributed by atoms with van der Waals surface area (Å²) in [6.45, 7) is 3.09. The number of nitrogens with two attached hydrogens (primary N) is 1. The smallest absolute Gasteiger partial charge is 0.230 e. The SMILES string of the molecule is CC1(C(=O)N2CCC[C@H]3CCCC[C@H]32)CCCC1N. The van der Waals surface area contributed by atoms with Gasteiger partial charge < -0.3 is 10.6 Å². The number of likely N-dealkylation sites (tertiary alicyclic amines) is 1. The molecule has 4 atom stereocenters. The van der Waals surface area contributed by atoms with E-state index in [0.29, 0.717) is 11.9 Å². The standard InChI is InChI=1S/C16H28N2O/c1-16(10-4-9-14(16)17)15(19)18-11-5-7-12-6-2-3-8-13(12)18/h12-14H,2-11,17H2,1H3/t12-,13-,14?,16?/m1/s1. The molecule has 2 N–H and O–H groups in total. The van der Waals surface area contributed by atoms with Gasteiger partial charge in [0.2, 0.25) is 5.91 Å². The maximum atomic E-state index is 13.0. The van der Waals surface area contributed by atoms with E-state index >= 15 is 0 Å². The van der Waals surface area contributed by atoms with E-state index in [4.69, 9.17) is 5.73 Å². The molecule has 3 nitrogen and oxygen atoms in total. The van der Waals surface area contributed by atoms with Gasteiger partial charge >= 0.3 is 0 Å². The van der Waals surface area contributed by atoms with Crippen LogP contribution in [0.25, 0.3) is 0 Å². The van der Waals surface area contributed by atoms with Gasteiger partial charge in [0.1, 0.15) is 0 Å². The van der Waals surface area contributed by atoms with Crippen LogP contribution in [0, 0.1) is 11.3 Å². The average Bonchev–Trinajstić information content (AvgIpc) is 2.78. The van der Waals surface area contributed by atoms with Gasteiger partial charge in [0.25, 0.3) is 0 Å². The highest BCUT2D eigenvalue weighted by Crippen LogP contribution is 2.42. The molecule has 3 fully saturated rings. The Morgan fingerprint density at radius 3 is 2.58 bits per heavy atom. The first-order valence-electron chi connectivity index (χ1n) is 8.19. The molecule has 3 heteroatoms. The number of rotatable bonds is 1. The third kappa shape index (κ3) is 2.20. The zero-order valence-corrected chi connectivity index (χ0v) is 12.2. The molecule has 0 bridgehead atoms. The van der Waals surface area contributed by atoms with E-state index in [1.165, 1.54) is 38.5 Å². The fourth-order valence-corrected chi connectivity index (χ4v) is 4.66. The van der Waals surface area contributed by atoms with Crippen molar-refractivity contribution in [3.63, 3.8) is 0 Å². The predicted molar refractivity (Wildman–Crippen MR) is 76.6 cm³/mol. The number of hydrogen-bond donors (Lipinski definition) is 1. The van der Waals surface area contributed by atoms with Gasteiger partial charge in [-0.1, -0.05) is 19.3 Å². The van der Waals surface area contributed by atoms with Crippen LogP contribution < -0.4 is 5.73 Å². The van der Waals surface area contributed by atoms with Crippen LogP contribution in [0.15, 0.2) is 0 Å². The summed E-state index contributed by atoms with van der Waals surface area (Å²) in [5.74, 6) is 1.14. The van der Waals surface area contributed by atoms with Crippen LogP contribution >= 0.6 is 0 Å². The van der Waals surface area contributed by atoms with Gasteiger partial charge in [-0.05, 0) is 51.4 Å². The molecule has 19 heavy (non-hydrogen) atoms. The topological polar surface area (TPSA) is 46.3 Å². The van der Waals surface area contributed by atoms with Crippen molar-refractivity contribution in [3.8, 4) is 0 Å². The Bertz CT molecular complexity index is 355. The van der Waals surface area contributed by atoms with Crippen molar-refractivity contribution in [1.29, 1.82) is 0 Å². The minimum atomic E-state index is -0.278. The first-order chi connectivity index (χ1) is 9.13. The largest absolute Gasteiger partial charge is 0.339 e. The Morgan fingerprint density at radius 1 is 1.11 bits per heavy atom. The van der Waals surface area contributed by atoms with Crippen molar-refractivity contribution in [2.24, 2.45) is 17.1 Å². The molecule has 1 heterocycles. The highest BCUT2D eigenvalue weighted by Gasteiger charge is 2.48. The molecule has 0 spiro atoms. The molecule has 1 aliphatic heterocycles. The van der Waals surface area contributed by atoms with E-state index in [0.717, 1.165) is 31.7 Å². The van der Waals surface area contributed by atoms with Gasteiger partial charge in [-0.2, -0.15) is 0 Å². The molecular formula is C16H28N2O. The maximum Gasteiger partial charge on any atom is 0.230 e. The third-order valence-electron chi connectivity index (χ3n) is 6.02. The van der Waals surface area contributed by atoms with Gasteiger partial charge in [-0.3, -0.25) is 4.79 Å². The number of piperidine rings is 1. The van der Waals surface area contributed by atoms with Crippen LogP contribution in [-0.2, 0) is 4.79 Å². The minimum absolute atomic E-state index is 0.0731. The first kappa shape index (κ1) is 13.4. The van der Waals surface area contributed by atoms with Crippen LogP contribution in [0.4, 0.5) is 0 Å². The van der Waals surface area contributed by atoms with E-state index in [1.807, 2.05) is 0 Å². The molecule has 0 aromatic heterocycles. The number of hydrogen-bond acceptors (Lipinski definition) is 2. The number of carbonyl (C=O) groups is 1. The van der Waals surface area contributed by atoms with Crippen LogP contribution in [0.2, 0.25) is 0 Å². The number of carbonyl (C=O) groups excluding carboxylic acids is 1. The average molecular weight is 264 g/mol. The number of nitrogens with zero attached hydrogens (tertiary/aromatic N) is 1. The molecule has 0 aromatic carbocycles. The Balaban J connectivity index is 1.78. The molecule has 3 rings (SSSR count). The first-order valence-corrected chi connectivity index (χ1v) is 8.19. The Kier molecular flexibility index (Phi) is 3.59. The van der Waals surface area contributed by atoms with Crippen LogP contribution in [0.1, 0.15) is 64.7 Å². The summed E-state index contributed by atoms with van der Waals surface area (Å²) in [7, 11) is 0. The van der Waals surface area contributed by atoms with Crippen LogP contribution in [0.5, 0.6) is 0 Å². The second kappa shape index (κ2) is 5.08. The Morgan fingerprint density at radius 2 is 1.84 bits per heavy atom. The maximum absolute atomic E-state index is 13.0. The lowest BCUT2D eigenvalue weighted by molar-refractivity contribution is -0.148. The quantitative estimate of drug-likeness (QED) is 0.791. The summed E-state index contributed by atoms with van der Waals surface area (Å²) >= 11 is 0. The molecule has 3 aliphatic rings. The second-order valence-corrected chi connectivity index (χ2v) is 7.17. The van der Waals surface area contributed by atoms with Gasteiger partial charge in [0.05, 0.1) is 5.41 Å². The summed E-state index contributed by atoms with van der Waals surface area (Å²) in [6, 6.07) is 0.601. The van der Waals surface area contributed by atoms with Gasteiger partial charge in [-0.15, -0.1) is 0 Å². The molecule has 108 valence electrons. The highest BCUT2D eigenvalue weighted by atomic mass is 16.2. The summed E-state index contributed by atoms with van der Waals surface area (Å²) in [5, 5.41) is 0. The summed E-state index contributed by atoms with van der Waals surface area (Å²) in [4.78, 5) is 15.3. The van der Waals surface area contributed by atoms with E-state index in [1.54, 1.807) is 0 Å². The molecule has 1 saturated heterocycles. The van der Waals surface area contributed by atoms with Gasteiger partial charge in [-0.25, -0.2) is 0 Å². The fourth-order valence-electron chi connectivity index (χ4n) is 4.66. The normalized spacial score (nSPS) is 43.1. The minimum Gasteiger partial charge on any atom is -0.339 e. The lowest BCUT2D eigenvalue weighted by Crippen LogP contribution is -2.56. The predicted octanol–water partition coefficient (Wildman–Crippen LogP) is 2.69. The van der Waals surface area contributed by atoms with E-state index in [2.05, 4.69) is 11.8 Å². The summed E-state index contributed by atoms with van der Waals surface area (Å²) in [5.41, 5.74) is 5.96. The van der Waals surface area contributed by atoms with Gasteiger partial charge in [0.15, 0.2) is 0 Å². The van der Waals surface area contributed by atoms with E-state index in [9.17, 15) is 4.79 Å². The lowest BCUT2D eigenvalue weighted by Gasteiger charge is -2.47.